The molecule has 0 saturated carbocycles. The van der Waals surface area contributed by atoms with Gasteiger partial charge in [-0.1, -0.05) is 6.07 Å². The average molecular weight is 233 g/mol. The number of nitrogens with zero attached hydrogens (tertiary/aromatic N) is 1. The largest absolute Gasteiger partial charge is 0.497 e. The molecule has 3 N–H and O–H groups in total. The van der Waals surface area contributed by atoms with Crippen LogP contribution in [0, 0.1) is 0 Å². The monoisotopic (exact) mass is 233 g/mol. The van der Waals surface area contributed by atoms with Crippen LogP contribution in [-0.4, -0.2) is 22.2 Å². The van der Waals surface area contributed by atoms with E-state index in [0.717, 1.165) is 6.07 Å². The Bertz CT molecular complexity index is 580. The van der Waals surface area contributed by atoms with Crippen LogP contribution in [0.1, 0.15) is 0 Å². The highest BCUT2D eigenvalue weighted by Gasteiger charge is 2.01. The number of aromatic nitrogens is 2. The topological polar surface area (TPSA) is 87.2 Å². The Hall–Kier alpha value is -2.50. The van der Waals surface area contributed by atoms with Crippen LogP contribution in [0.2, 0.25) is 0 Å². The van der Waals surface area contributed by atoms with Crippen LogP contribution < -0.4 is 15.6 Å². The average Bonchev–Trinajstić information content (AvgIpc) is 2.28. The molecule has 0 fully saturated rings. The summed E-state index contributed by atoms with van der Waals surface area (Å²) in [5, 5.41) is 12.0. The molecular formula is C11H11N3O3. The molecule has 0 bridgehead atoms. The first-order valence-electron chi connectivity index (χ1n) is 4.89. The summed E-state index contributed by atoms with van der Waals surface area (Å²) in [6, 6.07) is 8.11. The second-order valence-electron chi connectivity index (χ2n) is 3.31. The van der Waals surface area contributed by atoms with Crippen molar-refractivity contribution in [2.45, 2.75) is 0 Å². The number of hydrogen-bond acceptors (Lipinski definition) is 5. The van der Waals surface area contributed by atoms with Gasteiger partial charge in [0.25, 0.3) is 5.56 Å². The molecule has 0 aliphatic carbocycles. The van der Waals surface area contributed by atoms with Crippen LogP contribution in [0.4, 0.5) is 11.6 Å². The van der Waals surface area contributed by atoms with Crippen molar-refractivity contribution in [3.8, 4) is 11.6 Å². The van der Waals surface area contributed by atoms with Gasteiger partial charge in [-0.15, -0.1) is 0 Å². The van der Waals surface area contributed by atoms with Gasteiger partial charge in [-0.2, -0.15) is 4.98 Å². The molecule has 0 atom stereocenters. The standard InChI is InChI=1S/C11H11N3O3/c1-17-8-4-2-3-7(5-8)12-11-13-9(15)6-10(16)14-11/h2-6H,1H3,(H3,12,13,14,15,16). The zero-order valence-electron chi connectivity index (χ0n) is 9.10. The number of aromatic amines is 1. The molecule has 1 heterocycles. The van der Waals surface area contributed by atoms with Crippen LogP contribution in [0.5, 0.6) is 11.6 Å². The van der Waals surface area contributed by atoms with E-state index in [4.69, 9.17) is 4.74 Å². The first kappa shape index (κ1) is 11.0. The highest BCUT2D eigenvalue weighted by atomic mass is 16.5. The van der Waals surface area contributed by atoms with Crippen molar-refractivity contribution in [2.24, 2.45) is 0 Å². The summed E-state index contributed by atoms with van der Waals surface area (Å²) >= 11 is 0. The fourth-order valence-corrected chi connectivity index (χ4v) is 1.34. The minimum Gasteiger partial charge on any atom is -0.497 e. The Morgan fingerprint density at radius 2 is 2.24 bits per heavy atom. The van der Waals surface area contributed by atoms with Gasteiger partial charge in [0, 0.05) is 11.8 Å². The fourth-order valence-electron chi connectivity index (χ4n) is 1.34. The minimum atomic E-state index is -0.428. The lowest BCUT2D eigenvalue weighted by atomic mass is 10.3. The summed E-state index contributed by atoms with van der Waals surface area (Å²) in [5.74, 6) is 0.514. The SMILES string of the molecule is COc1cccc(Nc2nc(O)cc(=O)[nH]2)c1. The van der Waals surface area contributed by atoms with Gasteiger partial charge in [0.2, 0.25) is 11.8 Å². The maximum absolute atomic E-state index is 11.1. The van der Waals surface area contributed by atoms with Crippen molar-refractivity contribution in [3.63, 3.8) is 0 Å². The van der Waals surface area contributed by atoms with Crippen LogP contribution in [0.15, 0.2) is 35.1 Å². The number of nitrogens with one attached hydrogen (secondary N) is 2. The lowest BCUT2D eigenvalue weighted by Gasteiger charge is -2.06. The number of hydrogen-bond donors (Lipinski definition) is 3. The molecular weight excluding hydrogens is 222 g/mol. The van der Waals surface area contributed by atoms with Crippen molar-refractivity contribution >= 4 is 11.6 Å². The molecule has 0 saturated heterocycles. The van der Waals surface area contributed by atoms with E-state index in [-0.39, 0.29) is 11.8 Å². The zero-order valence-corrected chi connectivity index (χ0v) is 9.10. The van der Waals surface area contributed by atoms with Crippen molar-refractivity contribution < 1.29 is 9.84 Å². The van der Waals surface area contributed by atoms with E-state index in [2.05, 4.69) is 15.3 Å². The summed E-state index contributed by atoms with van der Waals surface area (Å²) in [4.78, 5) is 17.3. The van der Waals surface area contributed by atoms with Gasteiger partial charge in [-0.25, -0.2) is 0 Å². The third kappa shape index (κ3) is 2.75. The Morgan fingerprint density at radius 3 is 2.94 bits per heavy atom. The van der Waals surface area contributed by atoms with E-state index < -0.39 is 5.56 Å². The fraction of sp³-hybridized carbons (Fsp3) is 0.0909. The number of aromatic hydroxyl groups is 1. The maximum Gasteiger partial charge on any atom is 0.256 e. The van der Waals surface area contributed by atoms with E-state index in [1.54, 1.807) is 31.4 Å². The second-order valence-corrected chi connectivity index (χ2v) is 3.31. The molecule has 6 heteroatoms. The molecule has 0 amide bonds. The lowest BCUT2D eigenvalue weighted by Crippen LogP contribution is -2.08. The zero-order chi connectivity index (χ0) is 12.3. The molecule has 88 valence electrons. The molecule has 2 rings (SSSR count). The predicted molar refractivity (Wildman–Crippen MR) is 62.8 cm³/mol. The van der Waals surface area contributed by atoms with Gasteiger partial charge in [0.15, 0.2) is 0 Å². The van der Waals surface area contributed by atoms with Gasteiger partial charge in [0.1, 0.15) is 5.75 Å². The van der Waals surface area contributed by atoms with E-state index in [1.165, 1.54) is 0 Å². The van der Waals surface area contributed by atoms with Gasteiger partial charge < -0.3 is 15.2 Å². The molecule has 0 unspecified atom stereocenters. The van der Waals surface area contributed by atoms with Crippen LogP contribution >= 0.6 is 0 Å². The Morgan fingerprint density at radius 1 is 1.41 bits per heavy atom. The first-order chi connectivity index (χ1) is 8.17. The molecule has 0 aliphatic rings. The molecule has 0 spiro atoms. The van der Waals surface area contributed by atoms with Crippen LogP contribution in [-0.2, 0) is 0 Å². The number of rotatable bonds is 3. The number of benzene rings is 1. The second kappa shape index (κ2) is 4.56. The highest BCUT2D eigenvalue weighted by molar-refractivity contribution is 5.55. The Kier molecular flexibility index (Phi) is 2.95. The van der Waals surface area contributed by atoms with Gasteiger partial charge in [0.05, 0.1) is 13.2 Å². The predicted octanol–water partition coefficient (Wildman–Crippen LogP) is 1.23. The van der Waals surface area contributed by atoms with E-state index >= 15 is 0 Å². The lowest BCUT2D eigenvalue weighted by molar-refractivity contribution is 0.415. The third-order valence-corrected chi connectivity index (χ3v) is 2.06. The van der Waals surface area contributed by atoms with Gasteiger partial charge in [-0.05, 0) is 12.1 Å². The Balaban J connectivity index is 2.27. The molecule has 6 nitrogen and oxygen atoms in total. The van der Waals surface area contributed by atoms with Crippen molar-refractivity contribution in [2.75, 3.05) is 12.4 Å². The van der Waals surface area contributed by atoms with Crippen LogP contribution in [0.3, 0.4) is 0 Å². The number of H-pyrrole nitrogens is 1. The number of ether oxygens (including phenoxy) is 1. The van der Waals surface area contributed by atoms with Gasteiger partial charge >= 0.3 is 0 Å². The van der Waals surface area contributed by atoms with Crippen molar-refractivity contribution in [1.29, 1.82) is 0 Å². The van der Waals surface area contributed by atoms with Crippen molar-refractivity contribution in [1.82, 2.24) is 9.97 Å². The molecule has 1 aromatic carbocycles. The summed E-state index contributed by atoms with van der Waals surface area (Å²) in [7, 11) is 1.56. The molecule has 17 heavy (non-hydrogen) atoms. The molecule has 0 aliphatic heterocycles. The maximum atomic E-state index is 11.1. The molecule has 2 aromatic rings. The quantitative estimate of drug-likeness (QED) is 0.742. The van der Waals surface area contributed by atoms with E-state index in [1.807, 2.05) is 0 Å². The number of anilines is 2. The van der Waals surface area contributed by atoms with Gasteiger partial charge in [-0.3, -0.25) is 9.78 Å². The summed E-state index contributed by atoms with van der Waals surface area (Å²) in [6.45, 7) is 0. The number of methoxy groups -OCH3 is 1. The van der Waals surface area contributed by atoms with E-state index in [0.29, 0.717) is 11.4 Å². The van der Waals surface area contributed by atoms with Crippen LogP contribution in [0.25, 0.3) is 0 Å². The smallest absolute Gasteiger partial charge is 0.256 e. The first-order valence-corrected chi connectivity index (χ1v) is 4.89. The molecule has 1 aromatic heterocycles. The minimum absolute atomic E-state index is 0.170. The third-order valence-electron chi connectivity index (χ3n) is 2.06. The summed E-state index contributed by atoms with van der Waals surface area (Å²) < 4.78 is 5.06. The Labute approximate surface area is 96.9 Å². The molecule has 0 radical (unpaired) electrons. The highest BCUT2D eigenvalue weighted by Crippen LogP contribution is 2.19. The van der Waals surface area contributed by atoms with E-state index in [9.17, 15) is 9.90 Å². The van der Waals surface area contributed by atoms with Crippen molar-refractivity contribution in [3.05, 3.63) is 40.7 Å². The normalized spacial score (nSPS) is 9.94. The summed E-state index contributed by atoms with van der Waals surface area (Å²) in [6.07, 6.45) is 0. The summed E-state index contributed by atoms with van der Waals surface area (Å²) in [5.41, 5.74) is 0.265.